The van der Waals surface area contributed by atoms with Crippen molar-refractivity contribution in [3.63, 3.8) is 0 Å². The number of hydrogen-bond acceptors (Lipinski definition) is 2. The Morgan fingerprint density at radius 2 is 0.408 bits per heavy atom. The van der Waals surface area contributed by atoms with Crippen LogP contribution in [0.25, 0.3) is 66.8 Å². The van der Waals surface area contributed by atoms with Crippen LogP contribution in [0, 0.1) is 0 Å². The fourth-order valence-electron chi connectivity index (χ4n) is 10.6. The Morgan fingerprint density at radius 1 is 0.250 bits per heavy atom. The molecule has 4 N–H and O–H groups in total. The molecule has 0 amide bonds. The van der Waals surface area contributed by atoms with E-state index in [4.69, 9.17) is 28.7 Å². The lowest BCUT2D eigenvalue weighted by atomic mass is 9.63. The summed E-state index contributed by atoms with van der Waals surface area (Å²) in [7, 11) is -5.74. The molecule has 0 unspecified atom stereocenters. The van der Waals surface area contributed by atoms with Gasteiger partial charge in [-0.05, 0) is 155 Å². The van der Waals surface area contributed by atoms with Gasteiger partial charge in [-0.1, -0.05) is 263 Å². The highest BCUT2D eigenvalue weighted by Gasteiger charge is 2.41. The number of benzene rings is 6. The first-order valence-electron chi connectivity index (χ1n) is 26.9. The standard InChI is InChI=1S/C68H88.2HO3P/c1-61(2,3)41-29-33-47(51(37-41)65(13,14)15)57-55-45-27-25-26-28-46(45)56(55)58(48-34-30-42(62(4,5)6)38-52(48)66(16,17)18)60(50-36-32-44(64(10,11)12)40-54(50)68(22,23)24)59(57)49-35-31-43(63(7,8)9)39-53(49)67(19,20)21;2*1-4(2)3/h25-40H,1-24H3;2*(H-,1,2,3)/p+2. The van der Waals surface area contributed by atoms with Crippen LogP contribution in [0.2, 0.25) is 0 Å². The molecule has 1 aliphatic carbocycles. The van der Waals surface area contributed by atoms with E-state index < -0.39 is 16.5 Å². The van der Waals surface area contributed by atoms with Crippen LogP contribution in [0.1, 0.15) is 211 Å². The molecule has 0 aromatic heterocycles. The highest BCUT2D eigenvalue weighted by Crippen LogP contribution is 2.65. The minimum absolute atomic E-state index is 0.00475. The molecule has 0 spiro atoms. The van der Waals surface area contributed by atoms with E-state index in [9.17, 15) is 0 Å². The number of fused-ring (bicyclic) bond motifs is 4. The monoisotopic (exact) mass is 1070 g/mol. The van der Waals surface area contributed by atoms with Crippen molar-refractivity contribution in [1.82, 2.24) is 0 Å². The van der Waals surface area contributed by atoms with E-state index in [1.165, 1.54) is 111 Å². The number of rotatable bonds is 4. The van der Waals surface area contributed by atoms with Crippen molar-refractivity contribution in [2.45, 2.75) is 209 Å². The third-order valence-corrected chi connectivity index (χ3v) is 14.8. The van der Waals surface area contributed by atoms with Crippen molar-refractivity contribution in [3.8, 4) is 66.8 Å². The van der Waals surface area contributed by atoms with Crippen LogP contribution in [0.5, 0.6) is 0 Å². The van der Waals surface area contributed by atoms with Gasteiger partial charge < -0.3 is 0 Å². The second-order valence-electron chi connectivity index (χ2n) is 29.3. The van der Waals surface area contributed by atoms with E-state index in [-0.39, 0.29) is 43.3 Å². The summed E-state index contributed by atoms with van der Waals surface area (Å²) in [6.07, 6.45) is 0. The van der Waals surface area contributed by atoms with Crippen LogP contribution >= 0.6 is 16.5 Å². The Morgan fingerprint density at radius 3 is 0.553 bits per heavy atom. The van der Waals surface area contributed by atoms with Gasteiger partial charge in [-0.25, -0.2) is 0 Å². The topological polar surface area (TPSA) is 115 Å². The molecule has 8 heteroatoms. The lowest BCUT2D eigenvalue weighted by Crippen LogP contribution is -2.21. The Hall–Kier alpha value is -4.64. The maximum Gasteiger partial charge on any atom is 0.692 e. The van der Waals surface area contributed by atoms with Gasteiger partial charge in [0, 0.05) is 9.13 Å². The lowest BCUT2D eigenvalue weighted by molar-refractivity contribution is 0.403. The molecule has 0 aliphatic heterocycles. The van der Waals surface area contributed by atoms with Crippen molar-refractivity contribution >= 4 is 16.5 Å². The third kappa shape index (κ3) is 13.6. The first kappa shape index (κ1) is 62.2. The quantitative estimate of drug-likeness (QED) is 0.131. The molecule has 0 atom stereocenters. The minimum Gasteiger partial charge on any atom is -0.134 e. The molecule has 0 radical (unpaired) electrons. The fraction of sp³-hybridized carbons (Fsp3) is 0.471. The zero-order valence-electron chi connectivity index (χ0n) is 50.7. The maximum atomic E-state index is 8.70. The zero-order valence-corrected chi connectivity index (χ0v) is 52.5. The van der Waals surface area contributed by atoms with Crippen molar-refractivity contribution in [2.75, 3.05) is 0 Å². The Labute approximate surface area is 460 Å². The lowest BCUT2D eigenvalue weighted by Gasteiger charge is -2.40. The van der Waals surface area contributed by atoms with Crippen LogP contribution in [0.4, 0.5) is 0 Å². The van der Waals surface area contributed by atoms with Gasteiger partial charge in [0.1, 0.15) is 0 Å². The minimum atomic E-state index is -2.87. The van der Waals surface area contributed by atoms with E-state index in [2.05, 4.69) is 263 Å². The maximum absolute atomic E-state index is 8.70. The molecule has 0 saturated carbocycles. The van der Waals surface area contributed by atoms with Gasteiger partial charge in [0.15, 0.2) is 0 Å². The first-order valence-corrected chi connectivity index (χ1v) is 29.3. The molecule has 6 nitrogen and oxygen atoms in total. The molecule has 408 valence electrons. The third-order valence-electron chi connectivity index (χ3n) is 14.8. The van der Waals surface area contributed by atoms with Crippen molar-refractivity contribution in [1.29, 1.82) is 0 Å². The molecule has 0 bridgehead atoms. The summed E-state index contributed by atoms with van der Waals surface area (Å²) >= 11 is 0. The van der Waals surface area contributed by atoms with Crippen LogP contribution in [0.3, 0.4) is 0 Å². The predicted molar refractivity (Wildman–Crippen MR) is 326 cm³/mol. The predicted octanol–water partition coefficient (Wildman–Crippen LogP) is 19.6. The van der Waals surface area contributed by atoms with Crippen LogP contribution in [-0.2, 0) is 52.5 Å². The van der Waals surface area contributed by atoms with Gasteiger partial charge in [-0.2, -0.15) is 0 Å². The Balaban J connectivity index is 0.00000124. The summed E-state index contributed by atoms with van der Waals surface area (Å²) in [5.74, 6) is 0. The van der Waals surface area contributed by atoms with Gasteiger partial charge in [-0.15, -0.1) is 19.6 Å². The molecular formula is C68H92O6P2+2. The molecule has 0 saturated heterocycles. The van der Waals surface area contributed by atoms with Gasteiger partial charge in [0.05, 0.1) is 0 Å². The average molecular weight is 1070 g/mol. The first-order chi connectivity index (χ1) is 34.3. The highest BCUT2D eigenvalue weighted by atomic mass is 31.1. The van der Waals surface area contributed by atoms with Crippen LogP contribution < -0.4 is 0 Å². The molecule has 0 fully saturated rings. The molecule has 6 aromatic rings. The summed E-state index contributed by atoms with van der Waals surface area (Å²) in [4.78, 5) is 28.5. The van der Waals surface area contributed by atoms with Crippen molar-refractivity contribution in [2.24, 2.45) is 0 Å². The van der Waals surface area contributed by atoms with E-state index in [1.54, 1.807) is 0 Å². The van der Waals surface area contributed by atoms with Gasteiger partial charge >= 0.3 is 16.5 Å². The largest absolute Gasteiger partial charge is 0.692 e. The summed E-state index contributed by atoms with van der Waals surface area (Å²) in [6.45, 7) is 57.4. The molecule has 7 rings (SSSR count). The van der Waals surface area contributed by atoms with Crippen molar-refractivity contribution < 1.29 is 28.7 Å². The fourth-order valence-corrected chi connectivity index (χ4v) is 10.6. The molecular weight excluding hydrogens is 975 g/mol. The van der Waals surface area contributed by atoms with Gasteiger partial charge in [0.25, 0.3) is 0 Å². The molecule has 1 aliphatic rings. The van der Waals surface area contributed by atoms with Crippen LogP contribution in [-0.4, -0.2) is 19.6 Å². The second kappa shape index (κ2) is 21.5. The average Bonchev–Trinajstić information content (AvgIpc) is 3.23. The summed E-state index contributed by atoms with van der Waals surface area (Å²) in [5, 5.41) is 0. The van der Waals surface area contributed by atoms with E-state index in [0.717, 1.165) is 0 Å². The molecule has 76 heavy (non-hydrogen) atoms. The molecule has 0 heterocycles. The number of hydrogen-bond donors (Lipinski definition) is 4. The van der Waals surface area contributed by atoms with E-state index in [1.807, 2.05) is 0 Å². The normalized spacial score (nSPS) is 13.1. The van der Waals surface area contributed by atoms with Gasteiger partial charge in [-0.3, -0.25) is 0 Å². The van der Waals surface area contributed by atoms with E-state index in [0.29, 0.717) is 0 Å². The summed E-state index contributed by atoms with van der Waals surface area (Å²) in [5.41, 5.74) is 26.6. The van der Waals surface area contributed by atoms with E-state index >= 15 is 0 Å². The second-order valence-corrected chi connectivity index (χ2v) is 30.4. The SMILES string of the molecule is CC(C)(C)c1ccc(-c2c3c(c(-c4ccc(C(C)(C)C)cc4C(C)(C)C)c(-c4ccc(C(C)(C)C)cc4C(C)(C)C)c2-c2ccc(C(C)(C)C)cc2C(C)(C)C)-c2ccccc2-3)c(C(C)(C)C)c1.O=[P+](O)O.O=[P+](O)O. The van der Waals surface area contributed by atoms with Crippen molar-refractivity contribution in [3.05, 3.63) is 142 Å². The summed E-state index contributed by atoms with van der Waals surface area (Å²) in [6, 6.07) is 39.4. The van der Waals surface area contributed by atoms with Gasteiger partial charge in [0.2, 0.25) is 0 Å². The van der Waals surface area contributed by atoms with Crippen LogP contribution in [0.15, 0.2) is 97.1 Å². The Kier molecular flexibility index (Phi) is 17.6. The summed E-state index contributed by atoms with van der Waals surface area (Å²) < 4.78 is 17.4. The Bertz CT molecular complexity index is 2950. The molecule has 6 aromatic carbocycles. The highest BCUT2D eigenvalue weighted by molar-refractivity contribution is 7.31. The smallest absolute Gasteiger partial charge is 0.134 e. The zero-order chi connectivity index (χ0) is 58.0.